The zero-order valence-electron chi connectivity index (χ0n) is 28.1. The molecule has 45 heavy (non-hydrogen) atoms. The summed E-state index contributed by atoms with van der Waals surface area (Å²) in [6.45, 7) is 0. The summed E-state index contributed by atoms with van der Waals surface area (Å²) in [5.41, 5.74) is 9.24. The summed E-state index contributed by atoms with van der Waals surface area (Å²) in [4.78, 5) is 0. The second kappa shape index (κ2) is 9.22. The first-order valence-corrected chi connectivity index (χ1v) is 15.1. The Kier molecular flexibility index (Phi) is 4.26. The van der Waals surface area contributed by atoms with E-state index in [1.165, 1.54) is 0 Å². The van der Waals surface area contributed by atoms with Crippen LogP contribution in [0.4, 0.5) is 0 Å². The van der Waals surface area contributed by atoms with Gasteiger partial charge in [-0.25, -0.2) is 0 Å². The van der Waals surface area contributed by atoms with Crippen molar-refractivity contribution in [1.82, 2.24) is 13.7 Å². The third-order valence-electron chi connectivity index (χ3n) is 9.17. The van der Waals surface area contributed by atoms with E-state index in [2.05, 4.69) is 74.4 Å². The van der Waals surface area contributed by atoms with Gasteiger partial charge in [-0.05, 0) is 72.8 Å². The number of fused-ring (bicyclic) bond motifs is 9. The van der Waals surface area contributed by atoms with E-state index in [9.17, 15) is 0 Å². The van der Waals surface area contributed by atoms with Crippen molar-refractivity contribution >= 4 is 65.4 Å². The first kappa shape index (κ1) is 20.8. The van der Waals surface area contributed by atoms with Gasteiger partial charge in [0.25, 0.3) is 0 Å². The van der Waals surface area contributed by atoms with Crippen LogP contribution in [0.15, 0.2) is 164 Å². The van der Waals surface area contributed by atoms with Gasteiger partial charge in [-0.3, -0.25) is 0 Å². The third kappa shape index (κ3) is 3.41. The summed E-state index contributed by atoms with van der Waals surface area (Å²) in [5, 5.41) is 6.05. The molecule has 0 N–H and O–H groups in total. The molecule has 7 aromatic carbocycles. The van der Waals surface area contributed by atoms with E-state index in [1.807, 2.05) is 78.9 Å². The lowest BCUT2D eigenvalue weighted by Gasteiger charge is -2.10. The van der Waals surface area contributed by atoms with Crippen molar-refractivity contribution in [3.8, 4) is 17.1 Å². The quantitative estimate of drug-likeness (QED) is 0.198. The van der Waals surface area contributed by atoms with E-state index in [-0.39, 0.29) is 0 Å². The molecule has 0 fully saturated rings. The summed E-state index contributed by atoms with van der Waals surface area (Å²) < 4.78 is 40.1. The maximum Gasteiger partial charge on any atom is 0.0623 e. The number of para-hydroxylation sites is 5. The number of benzene rings is 7. The lowest BCUT2D eigenvalue weighted by atomic mass is 10.1. The largest absolute Gasteiger partial charge is 0.309 e. The van der Waals surface area contributed by atoms with Crippen molar-refractivity contribution in [1.29, 1.82) is 0 Å². The number of hydrogen-bond acceptors (Lipinski definition) is 0. The van der Waals surface area contributed by atoms with Crippen LogP contribution in [0.2, 0.25) is 0 Å². The molecule has 0 unspecified atom stereocenters. The molecule has 0 atom stereocenters. The Labute approximate surface area is 265 Å². The minimum Gasteiger partial charge on any atom is -0.309 e. The van der Waals surface area contributed by atoms with Gasteiger partial charge in [-0.1, -0.05) is 90.9 Å². The maximum absolute atomic E-state index is 8.32. The number of nitrogens with zero attached hydrogens (tertiary/aromatic N) is 3. The zero-order valence-corrected chi connectivity index (χ0v) is 24.1. The van der Waals surface area contributed by atoms with Crippen LogP contribution < -0.4 is 0 Å². The zero-order chi connectivity index (χ0) is 33.0. The summed E-state index contributed by atoms with van der Waals surface area (Å²) in [6.07, 6.45) is 0. The molecule has 0 amide bonds. The van der Waals surface area contributed by atoms with E-state index in [4.69, 9.17) is 5.48 Å². The molecule has 3 aromatic heterocycles. The highest BCUT2D eigenvalue weighted by atomic mass is 15.0. The van der Waals surface area contributed by atoms with Crippen molar-refractivity contribution in [2.24, 2.45) is 0 Å². The van der Waals surface area contributed by atoms with Crippen molar-refractivity contribution in [3.05, 3.63) is 164 Å². The van der Waals surface area contributed by atoms with E-state index < -0.39 is 0 Å². The van der Waals surface area contributed by atoms with Gasteiger partial charge in [0.2, 0.25) is 0 Å². The molecule has 0 aliphatic carbocycles. The molecular weight excluding hydrogens is 546 g/mol. The summed E-state index contributed by atoms with van der Waals surface area (Å²) in [6, 6.07) is 48.3. The van der Waals surface area contributed by atoms with Crippen LogP contribution in [0.25, 0.3) is 82.5 Å². The fraction of sp³-hybridized carbons (Fsp3) is 0. The number of rotatable bonds is 3. The monoisotopic (exact) mass is 577 g/mol. The molecule has 10 rings (SSSR count). The lowest BCUT2D eigenvalue weighted by Crippen LogP contribution is -1.96. The first-order chi connectivity index (χ1) is 23.9. The predicted molar refractivity (Wildman–Crippen MR) is 189 cm³/mol. The fourth-order valence-electron chi connectivity index (χ4n) is 7.28. The van der Waals surface area contributed by atoms with Crippen LogP contribution >= 0.6 is 0 Å². The molecule has 10 aromatic rings. The second-order valence-corrected chi connectivity index (χ2v) is 11.5. The van der Waals surface area contributed by atoms with Crippen molar-refractivity contribution in [2.75, 3.05) is 0 Å². The average molecular weight is 578 g/mol. The predicted octanol–water partition coefficient (Wildman–Crippen LogP) is 11.0. The number of aromatic nitrogens is 3. The molecule has 3 nitrogen and oxygen atoms in total. The van der Waals surface area contributed by atoms with Crippen molar-refractivity contribution in [3.63, 3.8) is 0 Å². The minimum absolute atomic E-state index is 0.443. The van der Waals surface area contributed by atoms with E-state index >= 15 is 0 Å². The molecule has 0 bridgehead atoms. The molecule has 0 saturated carbocycles. The topological polar surface area (TPSA) is 14.8 Å². The second-order valence-electron chi connectivity index (χ2n) is 11.5. The molecule has 3 heterocycles. The van der Waals surface area contributed by atoms with E-state index in [1.54, 1.807) is 0 Å². The Morgan fingerprint density at radius 2 is 0.644 bits per heavy atom. The highest BCUT2D eigenvalue weighted by molar-refractivity contribution is 6.14. The fourth-order valence-corrected chi connectivity index (χ4v) is 7.28. The van der Waals surface area contributed by atoms with Gasteiger partial charge in [-0.2, -0.15) is 0 Å². The normalized spacial score (nSPS) is 13.2. The summed E-state index contributed by atoms with van der Waals surface area (Å²) in [5.74, 6) is 0. The van der Waals surface area contributed by atoms with Crippen molar-refractivity contribution < 1.29 is 5.48 Å². The lowest BCUT2D eigenvalue weighted by molar-refractivity contribution is 1.16. The van der Waals surface area contributed by atoms with Crippen LogP contribution in [0.1, 0.15) is 5.48 Å². The standard InChI is InChI=1S/C42H27N3/c1-2-12-28(13-3-1)43-41-24-22-29(44-37-18-8-4-14-31(37)32-15-5-9-19-38(32)44)26-35(41)36-27-30(23-25-42(36)43)45-39-20-10-6-16-33(39)34-17-7-11-21-40(34)45/h1-27H/i4D,5D,6D,7D. The third-order valence-corrected chi connectivity index (χ3v) is 9.17. The molecule has 3 heteroatoms. The van der Waals surface area contributed by atoms with Gasteiger partial charge in [0.15, 0.2) is 0 Å². The SMILES string of the molecule is [2H]c1ccc2c(c1)c1cc([2H])ccc1n2-c1ccc2c(c1)c1cc(-n3c4ccc([2H])cc4c4cc([2H])ccc43)ccc1n2-c1ccccc1. The van der Waals surface area contributed by atoms with Crippen molar-refractivity contribution in [2.45, 2.75) is 0 Å². The van der Waals surface area contributed by atoms with Gasteiger partial charge in [0.1, 0.15) is 0 Å². The van der Waals surface area contributed by atoms with Crippen LogP contribution in [0, 0.1) is 0 Å². The molecule has 0 aliphatic rings. The van der Waals surface area contributed by atoms with Crippen LogP contribution in [-0.2, 0) is 0 Å². The Hall–Kier alpha value is -6.06. The average Bonchev–Trinajstić information content (AvgIpc) is 3.72. The van der Waals surface area contributed by atoms with Gasteiger partial charge >= 0.3 is 0 Å². The molecule has 0 aliphatic heterocycles. The Bertz CT molecular complexity index is 2690. The first-order valence-electron chi connectivity index (χ1n) is 17.1. The Morgan fingerprint density at radius 1 is 0.289 bits per heavy atom. The molecule has 0 spiro atoms. The summed E-state index contributed by atoms with van der Waals surface area (Å²) >= 11 is 0. The number of hydrogen-bond donors (Lipinski definition) is 0. The van der Waals surface area contributed by atoms with E-state index in [0.29, 0.717) is 24.2 Å². The summed E-state index contributed by atoms with van der Waals surface area (Å²) in [7, 11) is 0. The van der Waals surface area contributed by atoms with Gasteiger partial charge in [-0.15, -0.1) is 0 Å². The molecule has 0 radical (unpaired) electrons. The van der Waals surface area contributed by atoms with E-state index in [0.717, 1.165) is 82.5 Å². The van der Waals surface area contributed by atoms with Crippen LogP contribution in [0.5, 0.6) is 0 Å². The van der Waals surface area contributed by atoms with Crippen LogP contribution in [0.3, 0.4) is 0 Å². The van der Waals surface area contributed by atoms with Gasteiger partial charge < -0.3 is 13.7 Å². The van der Waals surface area contributed by atoms with Gasteiger partial charge in [0, 0.05) is 49.4 Å². The smallest absolute Gasteiger partial charge is 0.0623 e. The molecular formula is C42H27N3. The Balaban J connectivity index is 1.30. The highest BCUT2D eigenvalue weighted by Crippen LogP contribution is 2.39. The Morgan fingerprint density at radius 3 is 1.04 bits per heavy atom. The molecule has 0 saturated heterocycles. The minimum atomic E-state index is 0.443. The van der Waals surface area contributed by atoms with Crippen LogP contribution in [-0.4, -0.2) is 13.7 Å². The molecule has 210 valence electrons. The maximum atomic E-state index is 8.32. The van der Waals surface area contributed by atoms with Gasteiger partial charge in [0.05, 0.1) is 38.6 Å². The highest BCUT2D eigenvalue weighted by Gasteiger charge is 2.18.